The minimum atomic E-state index is -0.0952. The Morgan fingerprint density at radius 3 is 2.19 bits per heavy atom. The van der Waals surface area contributed by atoms with E-state index in [1.54, 1.807) is 6.08 Å². The summed E-state index contributed by atoms with van der Waals surface area (Å²) >= 11 is 0. The van der Waals surface area contributed by atoms with E-state index < -0.39 is 0 Å². The van der Waals surface area contributed by atoms with Crippen LogP contribution < -0.4 is 5.73 Å². The molecular formula is C26H27N. The van der Waals surface area contributed by atoms with Crippen LogP contribution in [-0.2, 0) is 0 Å². The smallest absolute Gasteiger partial charge is 0.0511 e. The number of nitrogens with two attached hydrogens (primary N) is 1. The SMILES string of the molecule is C=C/C=C\C=C(/C)C(N)c1ccc(-c2ccc(C3=CC=CCC3)cc2)cc1. The lowest BCUT2D eigenvalue weighted by molar-refractivity contribution is 0.846. The van der Waals surface area contributed by atoms with E-state index in [0.29, 0.717) is 0 Å². The van der Waals surface area contributed by atoms with E-state index in [-0.39, 0.29) is 6.04 Å². The first-order chi connectivity index (χ1) is 13.2. The highest BCUT2D eigenvalue weighted by atomic mass is 14.6. The summed E-state index contributed by atoms with van der Waals surface area (Å²) in [6.45, 7) is 5.73. The first-order valence-corrected chi connectivity index (χ1v) is 9.47. The van der Waals surface area contributed by atoms with E-state index >= 15 is 0 Å². The van der Waals surface area contributed by atoms with Gasteiger partial charge >= 0.3 is 0 Å². The van der Waals surface area contributed by atoms with Crippen LogP contribution >= 0.6 is 0 Å². The molecule has 1 aliphatic rings. The third-order valence-electron chi connectivity index (χ3n) is 4.97. The Morgan fingerprint density at radius 1 is 0.963 bits per heavy atom. The number of hydrogen-bond acceptors (Lipinski definition) is 1. The molecule has 2 aromatic rings. The van der Waals surface area contributed by atoms with Crippen LogP contribution in [0.3, 0.4) is 0 Å². The lowest BCUT2D eigenvalue weighted by Crippen LogP contribution is -2.11. The topological polar surface area (TPSA) is 26.0 Å². The average molecular weight is 354 g/mol. The van der Waals surface area contributed by atoms with Crippen molar-refractivity contribution in [2.45, 2.75) is 25.8 Å². The Labute approximate surface area is 162 Å². The van der Waals surface area contributed by atoms with Gasteiger partial charge in [-0.2, -0.15) is 0 Å². The molecule has 0 bridgehead atoms. The van der Waals surface area contributed by atoms with E-state index in [2.05, 4.69) is 80.3 Å². The van der Waals surface area contributed by atoms with Gasteiger partial charge in [0.1, 0.15) is 0 Å². The van der Waals surface area contributed by atoms with Gasteiger partial charge in [-0.25, -0.2) is 0 Å². The van der Waals surface area contributed by atoms with Crippen LogP contribution in [0.5, 0.6) is 0 Å². The fraction of sp³-hybridized carbons (Fsp3) is 0.154. The third kappa shape index (κ3) is 4.84. The molecule has 0 amide bonds. The highest BCUT2D eigenvalue weighted by Gasteiger charge is 2.08. The zero-order chi connectivity index (χ0) is 19.1. The molecule has 1 unspecified atom stereocenters. The van der Waals surface area contributed by atoms with Crippen LogP contribution in [0.1, 0.15) is 36.9 Å². The van der Waals surface area contributed by atoms with Gasteiger partial charge < -0.3 is 5.73 Å². The molecule has 1 nitrogen and oxygen atoms in total. The maximum absolute atomic E-state index is 6.37. The van der Waals surface area contributed by atoms with E-state index in [1.807, 2.05) is 18.2 Å². The molecule has 2 aromatic carbocycles. The number of hydrogen-bond donors (Lipinski definition) is 1. The van der Waals surface area contributed by atoms with Gasteiger partial charge in [-0.15, -0.1) is 0 Å². The van der Waals surface area contributed by atoms with Crippen LogP contribution in [0.2, 0.25) is 0 Å². The average Bonchev–Trinajstić information content (AvgIpc) is 2.74. The van der Waals surface area contributed by atoms with E-state index in [0.717, 1.165) is 24.0 Å². The van der Waals surface area contributed by atoms with Crippen LogP contribution in [0, 0.1) is 0 Å². The van der Waals surface area contributed by atoms with E-state index in [9.17, 15) is 0 Å². The van der Waals surface area contributed by atoms with Gasteiger partial charge in [0.25, 0.3) is 0 Å². The zero-order valence-electron chi connectivity index (χ0n) is 15.9. The fourth-order valence-corrected chi connectivity index (χ4v) is 3.26. The molecule has 2 N–H and O–H groups in total. The predicted molar refractivity (Wildman–Crippen MR) is 118 cm³/mol. The predicted octanol–water partition coefficient (Wildman–Crippen LogP) is 6.78. The van der Waals surface area contributed by atoms with Crippen molar-refractivity contribution in [2.24, 2.45) is 5.73 Å². The molecule has 0 saturated carbocycles. The Hall–Kier alpha value is -2.90. The van der Waals surface area contributed by atoms with Crippen LogP contribution in [0.4, 0.5) is 0 Å². The second-order valence-electron chi connectivity index (χ2n) is 6.87. The Balaban J connectivity index is 1.74. The van der Waals surface area contributed by atoms with Crippen molar-refractivity contribution in [3.8, 4) is 11.1 Å². The van der Waals surface area contributed by atoms with Crippen molar-refractivity contribution in [3.05, 3.63) is 114 Å². The summed E-state index contributed by atoms with van der Waals surface area (Å²) in [6.07, 6.45) is 16.5. The van der Waals surface area contributed by atoms with Crippen molar-refractivity contribution < 1.29 is 0 Å². The van der Waals surface area contributed by atoms with Crippen LogP contribution in [0.15, 0.2) is 103 Å². The number of benzene rings is 2. The van der Waals surface area contributed by atoms with Crippen molar-refractivity contribution in [1.82, 2.24) is 0 Å². The summed E-state index contributed by atoms with van der Waals surface area (Å²) in [5.41, 5.74) is 13.8. The Kier molecular flexibility index (Phi) is 6.40. The van der Waals surface area contributed by atoms with E-state index in [4.69, 9.17) is 5.73 Å². The quantitative estimate of drug-likeness (QED) is 0.569. The molecule has 0 aliphatic heterocycles. The lowest BCUT2D eigenvalue weighted by Gasteiger charge is -2.14. The molecule has 0 aromatic heterocycles. The van der Waals surface area contributed by atoms with Crippen LogP contribution in [-0.4, -0.2) is 0 Å². The Morgan fingerprint density at radius 2 is 1.59 bits per heavy atom. The molecule has 0 saturated heterocycles. The molecule has 0 heterocycles. The van der Waals surface area contributed by atoms with Crippen molar-refractivity contribution >= 4 is 5.57 Å². The fourth-order valence-electron chi connectivity index (χ4n) is 3.26. The molecule has 1 heteroatoms. The minimum absolute atomic E-state index is 0.0952. The zero-order valence-corrected chi connectivity index (χ0v) is 15.9. The number of allylic oxidation sites excluding steroid dienone is 8. The number of rotatable bonds is 6. The van der Waals surface area contributed by atoms with Gasteiger partial charge in [0, 0.05) is 0 Å². The second-order valence-corrected chi connectivity index (χ2v) is 6.87. The molecular weight excluding hydrogens is 326 g/mol. The summed E-state index contributed by atoms with van der Waals surface area (Å²) in [7, 11) is 0. The minimum Gasteiger partial charge on any atom is -0.321 e. The summed E-state index contributed by atoms with van der Waals surface area (Å²) in [5, 5.41) is 0. The molecule has 1 atom stereocenters. The highest BCUT2D eigenvalue weighted by molar-refractivity contribution is 5.72. The first kappa shape index (κ1) is 18.9. The van der Waals surface area contributed by atoms with Gasteiger partial charge in [-0.05, 0) is 47.6 Å². The monoisotopic (exact) mass is 353 g/mol. The van der Waals surface area contributed by atoms with Crippen molar-refractivity contribution in [1.29, 1.82) is 0 Å². The normalized spacial score (nSPS) is 15.6. The largest absolute Gasteiger partial charge is 0.321 e. The summed E-state index contributed by atoms with van der Waals surface area (Å²) in [4.78, 5) is 0. The standard InChI is InChI=1S/C26H27N/c1-3-4-6-9-20(2)26(27)25-18-16-24(17-19-25)23-14-12-22(13-15-23)21-10-7-5-8-11-21/h3-7,9-10,12-19,26H,1,8,11,27H2,2H3/b6-4-,20-9+. The molecule has 0 fully saturated rings. The highest BCUT2D eigenvalue weighted by Crippen LogP contribution is 2.28. The van der Waals surface area contributed by atoms with Gasteiger partial charge in [-0.1, -0.05) is 103 Å². The summed E-state index contributed by atoms with van der Waals surface area (Å²) in [5.74, 6) is 0. The molecule has 1 aliphatic carbocycles. The van der Waals surface area contributed by atoms with Crippen molar-refractivity contribution in [3.63, 3.8) is 0 Å². The Bertz CT molecular complexity index is 890. The van der Waals surface area contributed by atoms with Gasteiger partial charge in [0.2, 0.25) is 0 Å². The molecule has 0 spiro atoms. The molecule has 0 radical (unpaired) electrons. The van der Waals surface area contributed by atoms with Gasteiger partial charge in [-0.3, -0.25) is 0 Å². The first-order valence-electron chi connectivity index (χ1n) is 9.47. The summed E-state index contributed by atoms with van der Waals surface area (Å²) in [6, 6.07) is 17.3. The maximum atomic E-state index is 6.37. The van der Waals surface area contributed by atoms with Crippen LogP contribution in [0.25, 0.3) is 16.7 Å². The molecule has 27 heavy (non-hydrogen) atoms. The van der Waals surface area contributed by atoms with Crippen molar-refractivity contribution in [2.75, 3.05) is 0 Å². The summed E-state index contributed by atoms with van der Waals surface area (Å²) < 4.78 is 0. The molecule has 3 rings (SSSR count). The van der Waals surface area contributed by atoms with E-state index in [1.165, 1.54) is 22.3 Å². The second kappa shape index (κ2) is 9.16. The third-order valence-corrected chi connectivity index (χ3v) is 4.97. The lowest BCUT2D eigenvalue weighted by atomic mass is 9.94. The maximum Gasteiger partial charge on any atom is 0.0511 e. The van der Waals surface area contributed by atoms with Gasteiger partial charge in [0.05, 0.1) is 6.04 Å². The molecule has 136 valence electrons. The van der Waals surface area contributed by atoms with Gasteiger partial charge in [0.15, 0.2) is 0 Å².